The molecule has 2 heteroatoms. The molecule has 21 heavy (non-hydrogen) atoms. The van der Waals surface area contributed by atoms with E-state index in [1.807, 2.05) is 18.2 Å². The summed E-state index contributed by atoms with van der Waals surface area (Å²) < 4.78 is 0. The maximum atomic E-state index is 12.8. The standard InChI is InChI=1S/C19H21NO/c1-4-19(16-8-6-5-7-9-16)12-15-11-13(2)10-14(3)17(15)20-18(19)21/h5-11H,4,12H2,1-3H3,(H,20,21). The summed E-state index contributed by atoms with van der Waals surface area (Å²) in [5, 5.41) is 3.16. The first kappa shape index (κ1) is 13.9. The summed E-state index contributed by atoms with van der Waals surface area (Å²) in [5.74, 6) is 0.121. The van der Waals surface area contributed by atoms with Crippen LogP contribution in [0.1, 0.15) is 35.6 Å². The summed E-state index contributed by atoms with van der Waals surface area (Å²) in [6, 6.07) is 14.5. The fourth-order valence-corrected chi connectivity index (χ4v) is 3.49. The van der Waals surface area contributed by atoms with E-state index in [0.717, 1.165) is 29.7 Å². The second-order valence-electron chi connectivity index (χ2n) is 6.05. The fourth-order valence-electron chi connectivity index (χ4n) is 3.49. The van der Waals surface area contributed by atoms with E-state index in [-0.39, 0.29) is 5.91 Å². The number of fused-ring (bicyclic) bond motifs is 1. The van der Waals surface area contributed by atoms with E-state index in [4.69, 9.17) is 0 Å². The number of anilines is 1. The number of amides is 1. The summed E-state index contributed by atoms with van der Waals surface area (Å²) in [5.41, 5.74) is 5.31. The number of aryl methyl sites for hydroxylation is 2. The van der Waals surface area contributed by atoms with Gasteiger partial charge < -0.3 is 5.32 Å². The van der Waals surface area contributed by atoms with Crippen LogP contribution in [0.2, 0.25) is 0 Å². The lowest BCUT2D eigenvalue weighted by Crippen LogP contribution is -2.45. The van der Waals surface area contributed by atoms with Gasteiger partial charge in [-0.05, 0) is 43.4 Å². The predicted octanol–water partition coefficient (Wildman–Crippen LogP) is 4.15. The molecule has 0 saturated carbocycles. The van der Waals surface area contributed by atoms with E-state index in [9.17, 15) is 4.79 Å². The van der Waals surface area contributed by atoms with Gasteiger partial charge in [-0.1, -0.05) is 55.0 Å². The Morgan fingerprint density at radius 1 is 1.14 bits per heavy atom. The van der Waals surface area contributed by atoms with E-state index in [2.05, 4.69) is 50.4 Å². The molecule has 0 spiro atoms. The van der Waals surface area contributed by atoms with Crippen molar-refractivity contribution in [1.82, 2.24) is 0 Å². The zero-order valence-electron chi connectivity index (χ0n) is 12.9. The number of hydrogen-bond donors (Lipinski definition) is 1. The molecule has 1 amide bonds. The van der Waals surface area contributed by atoms with E-state index >= 15 is 0 Å². The van der Waals surface area contributed by atoms with Gasteiger partial charge in [0.1, 0.15) is 0 Å². The van der Waals surface area contributed by atoms with Gasteiger partial charge in [-0.15, -0.1) is 0 Å². The lowest BCUT2D eigenvalue weighted by Gasteiger charge is -2.37. The Morgan fingerprint density at radius 3 is 2.52 bits per heavy atom. The Hall–Kier alpha value is -2.09. The lowest BCUT2D eigenvalue weighted by atomic mass is 9.70. The predicted molar refractivity (Wildman–Crippen MR) is 86.7 cm³/mol. The average Bonchev–Trinajstić information content (AvgIpc) is 2.48. The van der Waals surface area contributed by atoms with Crippen LogP contribution in [0.4, 0.5) is 5.69 Å². The largest absolute Gasteiger partial charge is 0.325 e. The minimum absolute atomic E-state index is 0.121. The molecule has 1 unspecified atom stereocenters. The smallest absolute Gasteiger partial charge is 0.235 e. The highest BCUT2D eigenvalue weighted by Crippen LogP contribution is 2.40. The van der Waals surface area contributed by atoms with Crippen LogP contribution < -0.4 is 5.32 Å². The van der Waals surface area contributed by atoms with Crippen LogP contribution in [-0.4, -0.2) is 5.91 Å². The minimum atomic E-state index is -0.450. The van der Waals surface area contributed by atoms with Gasteiger partial charge in [-0.3, -0.25) is 4.79 Å². The average molecular weight is 279 g/mol. The van der Waals surface area contributed by atoms with Crippen molar-refractivity contribution in [2.45, 2.75) is 39.0 Å². The van der Waals surface area contributed by atoms with Crippen molar-refractivity contribution >= 4 is 11.6 Å². The number of rotatable bonds is 2. The number of carbonyl (C=O) groups is 1. The highest BCUT2D eigenvalue weighted by molar-refractivity contribution is 6.02. The maximum absolute atomic E-state index is 12.8. The van der Waals surface area contributed by atoms with Gasteiger partial charge in [-0.2, -0.15) is 0 Å². The fraction of sp³-hybridized carbons (Fsp3) is 0.316. The third-order valence-corrected chi connectivity index (χ3v) is 4.66. The summed E-state index contributed by atoms with van der Waals surface area (Å²) in [7, 11) is 0. The molecule has 2 nitrogen and oxygen atoms in total. The molecule has 1 aliphatic rings. The number of benzene rings is 2. The van der Waals surface area contributed by atoms with Gasteiger partial charge in [0.05, 0.1) is 5.41 Å². The van der Waals surface area contributed by atoms with Crippen LogP contribution in [0.15, 0.2) is 42.5 Å². The van der Waals surface area contributed by atoms with Crippen molar-refractivity contribution in [2.75, 3.05) is 5.32 Å². The zero-order chi connectivity index (χ0) is 15.0. The van der Waals surface area contributed by atoms with Crippen LogP contribution in [0.25, 0.3) is 0 Å². The molecule has 3 rings (SSSR count). The SMILES string of the molecule is CCC1(c2ccccc2)Cc2cc(C)cc(C)c2NC1=O. The van der Waals surface area contributed by atoms with Crippen molar-refractivity contribution in [3.8, 4) is 0 Å². The van der Waals surface area contributed by atoms with Crippen LogP contribution in [0.3, 0.4) is 0 Å². The summed E-state index contributed by atoms with van der Waals surface area (Å²) in [4.78, 5) is 12.8. The molecule has 0 aromatic heterocycles. The van der Waals surface area contributed by atoms with E-state index < -0.39 is 5.41 Å². The van der Waals surface area contributed by atoms with Gasteiger partial charge >= 0.3 is 0 Å². The highest BCUT2D eigenvalue weighted by atomic mass is 16.2. The zero-order valence-corrected chi connectivity index (χ0v) is 12.9. The summed E-state index contributed by atoms with van der Waals surface area (Å²) in [6.07, 6.45) is 1.58. The van der Waals surface area contributed by atoms with Crippen LogP contribution in [0.5, 0.6) is 0 Å². The number of nitrogens with one attached hydrogen (secondary N) is 1. The quantitative estimate of drug-likeness (QED) is 0.879. The van der Waals surface area contributed by atoms with Crippen molar-refractivity contribution < 1.29 is 4.79 Å². The van der Waals surface area contributed by atoms with Gasteiger partial charge in [0.2, 0.25) is 5.91 Å². The van der Waals surface area contributed by atoms with Crippen molar-refractivity contribution in [3.63, 3.8) is 0 Å². The molecule has 108 valence electrons. The van der Waals surface area contributed by atoms with E-state index in [1.165, 1.54) is 11.1 Å². The Morgan fingerprint density at radius 2 is 1.86 bits per heavy atom. The van der Waals surface area contributed by atoms with Crippen molar-refractivity contribution in [2.24, 2.45) is 0 Å². The van der Waals surface area contributed by atoms with Gasteiger partial charge in [0.25, 0.3) is 0 Å². The van der Waals surface area contributed by atoms with Gasteiger partial charge in [0.15, 0.2) is 0 Å². The molecule has 1 heterocycles. The van der Waals surface area contributed by atoms with E-state index in [0.29, 0.717) is 0 Å². The number of hydrogen-bond acceptors (Lipinski definition) is 1. The van der Waals surface area contributed by atoms with Crippen molar-refractivity contribution in [1.29, 1.82) is 0 Å². The molecule has 2 aromatic rings. The normalized spacial score (nSPS) is 20.8. The molecule has 0 radical (unpaired) electrons. The third-order valence-electron chi connectivity index (χ3n) is 4.66. The van der Waals surface area contributed by atoms with Crippen molar-refractivity contribution in [3.05, 3.63) is 64.7 Å². The Balaban J connectivity index is 2.15. The first-order chi connectivity index (χ1) is 10.1. The Labute approximate surface area is 126 Å². The van der Waals surface area contributed by atoms with Crippen LogP contribution >= 0.6 is 0 Å². The van der Waals surface area contributed by atoms with Gasteiger partial charge in [-0.25, -0.2) is 0 Å². The molecule has 2 aromatic carbocycles. The van der Waals surface area contributed by atoms with E-state index in [1.54, 1.807) is 0 Å². The molecular formula is C19H21NO. The first-order valence-corrected chi connectivity index (χ1v) is 7.54. The highest BCUT2D eigenvalue weighted by Gasteiger charge is 2.42. The molecular weight excluding hydrogens is 258 g/mol. The molecule has 1 aliphatic heterocycles. The molecule has 1 N–H and O–H groups in total. The minimum Gasteiger partial charge on any atom is -0.325 e. The monoisotopic (exact) mass is 279 g/mol. The first-order valence-electron chi connectivity index (χ1n) is 7.54. The molecule has 0 aliphatic carbocycles. The lowest BCUT2D eigenvalue weighted by molar-refractivity contribution is -0.122. The molecule has 0 bridgehead atoms. The Bertz CT molecular complexity index is 690. The topological polar surface area (TPSA) is 29.1 Å². The maximum Gasteiger partial charge on any atom is 0.235 e. The van der Waals surface area contributed by atoms with Gasteiger partial charge in [0, 0.05) is 5.69 Å². The molecule has 1 atom stereocenters. The number of carbonyl (C=O) groups excluding carboxylic acids is 1. The second kappa shape index (κ2) is 5.03. The second-order valence-corrected chi connectivity index (χ2v) is 6.05. The summed E-state index contributed by atoms with van der Waals surface area (Å²) in [6.45, 7) is 6.27. The molecule has 0 fully saturated rings. The van der Waals surface area contributed by atoms with Crippen LogP contribution in [0, 0.1) is 13.8 Å². The van der Waals surface area contributed by atoms with Crippen LogP contribution in [-0.2, 0) is 16.6 Å². The molecule has 0 saturated heterocycles. The summed E-state index contributed by atoms with van der Waals surface area (Å²) >= 11 is 0. The third kappa shape index (κ3) is 2.15. The Kier molecular flexibility index (Phi) is 3.32.